The molecule has 15 heavy (non-hydrogen) atoms. The molecule has 6 nitrogen and oxygen atoms in total. The summed E-state index contributed by atoms with van der Waals surface area (Å²) in [6.07, 6.45) is 0.876. The molecule has 0 unspecified atom stereocenters. The fraction of sp³-hybridized carbons (Fsp3) is 1.00. The van der Waals surface area contributed by atoms with E-state index in [9.17, 15) is 16.8 Å². The standard InChI is InChI=1S/C3H8O3S2.C3H8O3S/c4-8(5,6)3-1-2-7;1-2-3-7(4,5)6/h7H,1-3H2,(H,4,5,6);2-3H2,1H3,(H,4,5,6). The molecule has 0 saturated carbocycles. The van der Waals surface area contributed by atoms with Gasteiger partial charge in [0.1, 0.15) is 0 Å². The summed E-state index contributed by atoms with van der Waals surface area (Å²) in [6.45, 7) is 1.69. The average molecular weight is 280 g/mol. The van der Waals surface area contributed by atoms with Crippen molar-refractivity contribution in [3.8, 4) is 0 Å². The van der Waals surface area contributed by atoms with Gasteiger partial charge in [-0.2, -0.15) is 29.5 Å². The number of rotatable bonds is 5. The molecule has 0 bridgehead atoms. The zero-order valence-electron chi connectivity index (χ0n) is 8.33. The SMILES string of the molecule is CCCS(=O)(=O)O.O=S(=O)(O)CCCS. The predicted octanol–water partition coefficient (Wildman–Crippen LogP) is 0.478. The Kier molecular flexibility index (Phi) is 9.76. The molecule has 0 fully saturated rings. The molecular formula is C6H16O6S3. The van der Waals surface area contributed by atoms with E-state index in [1.54, 1.807) is 6.92 Å². The maximum atomic E-state index is 9.91. The van der Waals surface area contributed by atoms with E-state index in [0.717, 1.165) is 0 Å². The summed E-state index contributed by atoms with van der Waals surface area (Å²) in [5.74, 6) is 0.170. The lowest BCUT2D eigenvalue weighted by molar-refractivity contribution is 0.480. The summed E-state index contributed by atoms with van der Waals surface area (Å²) < 4.78 is 55.5. The van der Waals surface area contributed by atoms with Crippen molar-refractivity contribution in [2.24, 2.45) is 0 Å². The Morgan fingerprint density at radius 1 is 1.00 bits per heavy atom. The van der Waals surface area contributed by atoms with Crippen molar-refractivity contribution >= 4 is 32.9 Å². The molecule has 9 heteroatoms. The normalized spacial score (nSPS) is 11.7. The van der Waals surface area contributed by atoms with Gasteiger partial charge < -0.3 is 0 Å². The lowest BCUT2D eigenvalue weighted by Gasteiger charge is -1.89. The summed E-state index contributed by atoms with van der Waals surface area (Å²) in [4.78, 5) is 0. The molecule has 0 aromatic carbocycles. The minimum atomic E-state index is -3.74. The van der Waals surface area contributed by atoms with Gasteiger partial charge in [0, 0.05) is 0 Å². The van der Waals surface area contributed by atoms with Crippen LogP contribution in [0.1, 0.15) is 19.8 Å². The van der Waals surface area contributed by atoms with E-state index >= 15 is 0 Å². The number of thiol groups is 1. The molecule has 0 aromatic rings. The molecule has 0 aliphatic carbocycles. The van der Waals surface area contributed by atoms with Crippen LogP contribution < -0.4 is 0 Å². The first-order valence-electron chi connectivity index (χ1n) is 4.13. The number of hydrogen-bond donors (Lipinski definition) is 3. The summed E-state index contributed by atoms with van der Waals surface area (Å²) >= 11 is 3.76. The third-order valence-electron chi connectivity index (χ3n) is 1.02. The van der Waals surface area contributed by atoms with Gasteiger partial charge in [-0.05, 0) is 18.6 Å². The Morgan fingerprint density at radius 2 is 1.40 bits per heavy atom. The second kappa shape index (κ2) is 8.34. The van der Waals surface area contributed by atoms with Gasteiger partial charge in [-0.1, -0.05) is 6.92 Å². The molecule has 0 amide bonds. The van der Waals surface area contributed by atoms with Crippen molar-refractivity contribution < 1.29 is 25.9 Å². The largest absolute Gasteiger partial charge is 0.286 e. The minimum Gasteiger partial charge on any atom is -0.286 e. The highest BCUT2D eigenvalue weighted by atomic mass is 32.2. The molecule has 0 aromatic heterocycles. The molecule has 0 rings (SSSR count). The van der Waals surface area contributed by atoms with Gasteiger partial charge in [0.05, 0.1) is 11.5 Å². The van der Waals surface area contributed by atoms with Crippen LogP contribution in [0.25, 0.3) is 0 Å². The fourth-order valence-corrected chi connectivity index (χ4v) is 1.90. The van der Waals surface area contributed by atoms with E-state index < -0.39 is 20.2 Å². The zero-order chi connectivity index (χ0) is 12.5. The molecule has 0 heterocycles. The Hall–Kier alpha value is 0.170. The van der Waals surface area contributed by atoms with Crippen molar-refractivity contribution in [2.75, 3.05) is 17.3 Å². The van der Waals surface area contributed by atoms with Crippen molar-refractivity contribution in [3.63, 3.8) is 0 Å². The van der Waals surface area contributed by atoms with Gasteiger partial charge in [0.2, 0.25) is 0 Å². The molecule has 0 aliphatic heterocycles. The lowest BCUT2D eigenvalue weighted by atomic mass is 10.6. The molecule has 0 saturated heterocycles. The second-order valence-corrected chi connectivity index (χ2v) is 6.24. The Labute approximate surface area is 96.0 Å². The van der Waals surface area contributed by atoms with E-state index in [2.05, 4.69) is 12.6 Å². The molecule has 0 atom stereocenters. The van der Waals surface area contributed by atoms with Crippen LogP contribution in [-0.2, 0) is 20.2 Å². The van der Waals surface area contributed by atoms with Gasteiger partial charge in [-0.3, -0.25) is 9.11 Å². The molecule has 0 aliphatic rings. The van der Waals surface area contributed by atoms with E-state index in [4.69, 9.17) is 9.11 Å². The Bertz CT molecular complexity index is 330. The minimum absolute atomic E-state index is 0.132. The smallest absolute Gasteiger partial charge is 0.264 e. The lowest BCUT2D eigenvalue weighted by Crippen LogP contribution is -2.03. The van der Waals surface area contributed by atoms with Gasteiger partial charge in [-0.15, -0.1) is 0 Å². The predicted molar refractivity (Wildman–Crippen MR) is 61.6 cm³/mol. The number of hydrogen-bond acceptors (Lipinski definition) is 5. The topological polar surface area (TPSA) is 109 Å². The van der Waals surface area contributed by atoms with E-state index in [1.807, 2.05) is 0 Å². The van der Waals surface area contributed by atoms with Gasteiger partial charge in [0.15, 0.2) is 0 Å². The Balaban J connectivity index is 0. The van der Waals surface area contributed by atoms with E-state index in [1.165, 1.54) is 0 Å². The zero-order valence-corrected chi connectivity index (χ0v) is 10.9. The third kappa shape index (κ3) is 25.0. The summed E-state index contributed by atoms with van der Waals surface area (Å²) in [5, 5.41) is 0. The third-order valence-corrected chi connectivity index (χ3v) is 3.07. The monoisotopic (exact) mass is 280 g/mol. The van der Waals surface area contributed by atoms with Crippen LogP contribution in [0.4, 0.5) is 0 Å². The fourth-order valence-electron chi connectivity index (χ4n) is 0.505. The maximum absolute atomic E-state index is 9.91. The molecule has 94 valence electrons. The van der Waals surface area contributed by atoms with E-state index in [-0.39, 0.29) is 11.5 Å². The van der Waals surface area contributed by atoms with Crippen LogP contribution in [0.5, 0.6) is 0 Å². The van der Waals surface area contributed by atoms with Gasteiger partial charge in [0.25, 0.3) is 20.2 Å². The first kappa shape index (κ1) is 17.6. The summed E-state index contributed by atoms with van der Waals surface area (Å²) in [7, 11) is -7.41. The summed E-state index contributed by atoms with van der Waals surface area (Å²) in [6, 6.07) is 0. The van der Waals surface area contributed by atoms with Gasteiger partial charge >= 0.3 is 0 Å². The van der Waals surface area contributed by atoms with Crippen LogP contribution in [0.3, 0.4) is 0 Å². The first-order chi connectivity index (χ1) is 6.62. The van der Waals surface area contributed by atoms with Crippen LogP contribution >= 0.6 is 12.6 Å². The van der Waals surface area contributed by atoms with Crippen LogP contribution in [0.15, 0.2) is 0 Å². The van der Waals surface area contributed by atoms with E-state index in [0.29, 0.717) is 18.6 Å². The van der Waals surface area contributed by atoms with Crippen molar-refractivity contribution in [1.29, 1.82) is 0 Å². The highest BCUT2D eigenvalue weighted by Crippen LogP contribution is 1.88. The van der Waals surface area contributed by atoms with Crippen LogP contribution in [-0.4, -0.2) is 43.2 Å². The van der Waals surface area contributed by atoms with Crippen molar-refractivity contribution in [2.45, 2.75) is 19.8 Å². The first-order valence-corrected chi connectivity index (χ1v) is 7.98. The molecule has 2 N–H and O–H groups in total. The average Bonchev–Trinajstić information content (AvgIpc) is 1.98. The second-order valence-electron chi connectivity index (χ2n) is 2.65. The van der Waals surface area contributed by atoms with Crippen molar-refractivity contribution in [3.05, 3.63) is 0 Å². The molecular weight excluding hydrogens is 264 g/mol. The van der Waals surface area contributed by atoms with Crippen LogP contribution in [0, 0.1) is 0 Å². The van der Waals surface area contributed by atoms with Gasteiger partial charge in [-0.25, -0.2) is 0 Å². The van der Waals surface area contributed by atoms with Crippen molar-refractivity contribution in [1.82, 2.24) is 0 Å². The molecule has 0 spiro atoms. The molecule has 0 radical (unpaired) electrons. The maximum Gasteiger partial charge on any atom is 0.264 e. The quantitative estimate of drug-likeness (QED) is 0.499. The Morgan fingerprint density at radius 3 is 1.47 bits per heavy atom. The highest BCUT2D eigenvalue weighted by Gasteiger charge is 2.00. The van der Waals surface area contributed by atoms with Crippen LogP contribution in [0.2, 0.25) is 0 Å². The highest BCUT2D eigenvalue weighted by molar-refractivity contribution is 7.86. The summed E-state index contributed by atoms with van der Waals surface area (Å²) in [5.41, 5.74) is 0.